The number of hydrogen-bond acceptors (Lipinski definition) is 7. The molecule has 6 nitrogen and oxygen atoms in total. The van der Waals surface area contributed by atoms with E-state index in [4.69, 9.17) is 9.97 Å². The Kier molecular flexibility index (Phi) is 5.04. The van der Waals surface area contributed by atoms with Gasteiger partial charge in [-0.3, -0.25) is 9.59 Å². The van der Waals surface area contributed by atoms with Crippen molar-refractivity contribution in [3.05, 3.63) is 47.4 Å². The van der Waals surface area contributed by atoms with Crippen LogP contribution in [0.4, 0.5) is 0 Å². The lowest BCUT2D eigenvalue weighted by Gasteiger charge is -2.17. The molecule has 0 aromatic carbocycles. The molecule has 0 bridgehead atoms. The quantitative estimate of drug-likeness (QED) is 0.310. The molecular formula is C23H24N4O2S3. The van der Waals surface area contributed by atoms with Crippen LogP contribution in [0.5, 0.6) is 0 Å². The normalized spacial score (nSPS) is 19.2. The topological polar surface area (TPSA) is 91.5 Å². The SMILES string of the molecule is C[C@H]1CCc2c(sc3nc([C@@H](C)Sc4nc5sc6c(c5c(=O)[nH]4)CCCC6)[nH]c(=O)c23)C1. The zero-order valence-corrected chi connectivity index (χ0v) is 20.5. The molecule has 6 rings (SSSR count). The van der Waals surface area contributed by atoms with Crippen molar-refractivity contribution in [2.45, 2.75) is 69.2 Å². The molecule has 0 saturated carbocycles. The largest absolute Gasteiger partial charge is 0.309 e. The van der Waals surface area contributed by atoms with Crippen molar-refractivity contribution in [3.8, 4) is 0 Å². The zero-order chi connectivity index (χ0) is 22.0. The second-order valence-corrected chi connectivity index (χ2v) is 12.5. The first kappa shape index (κ1) is 20.6. The highest BCUT2D eigenvalue weighted by Crippen LogP contribution is 2.38. The van der Waals surface area contributed by atoms with Crippen molar-refractivity contribution in [2.24, 2.45) is 5.92 Å². The molecule has 2 aliphatic carbocycles. The molecule has 2 aliphatic rings. The minimum absolute atomic E-state index is 0.0488. The van der Waals surface area contributed by atoms with Crippen LogP contribution in [0.1, 0.15) is 65.1 Å². The van der Waals surface area contributed by atoms with Crippen molar-refractivity contribution in [3.63, 3.8) is 0 Å². The minimum atomic E-state index is -0.139. The van der Waals surface area contributed by atoms with E-state index in [0.717, 1.165) is 59.0 Å². The Bertz CT molecular complexity index is 1480. The highest BCUT2D eigenvalue weighted by Gasteiger charge is 2.25. The molecule has 0 aliphatic heterocycles. The van der Waals surface area contributed by atoms with Gasteiger partial charge in [-0.25, -0.2) is 9.97 Å². The van der Waals surface area contributed by atoms with Crippen LogP contribution in [0, 0.1) is 5.92 Å². The van der Waals surface area contributed by atoms with E-state index in [0.29, 0.717) is 16.9 Å². The molecule has 4 aromatic rings. The molecular weight excluding hydrogens is 460 g/mol. The van der Waals surface area contributed by atoms with Gasteiger partial charge >= 0.3 is 0 Å². The van der Waals surface area contributed by atoms with E-state index in [9.17, 15) is 9.59 Å². The summed E-state index contributed by atoms with van der Waals surface area (Å²) in [5.74, 6) is 1.29. The van der Waals surface area contributed by atoms with Crippen molar-refractivity contribution in [1.82, 2.24) is 19.9 Å². The summed E-state index contributed by atoms with van der Waals surface area (Å²) < 4.78 is 0. The monoisotopic (exact) mass is 484 g/mol. The molecule has 9 heteroatoms. The molecule has 0 spiro atoms. The Labute approximate surface area is 196 Å². The number of hydrogen-bond donors (Lipinski definition) is 2. The van der Waals surface area contributed by atoms with Gasteiger partial charge in [0.2, 0.25) is 0 Å². The van der Waals surface area contributed by atoms with Gasteiger partial charge in [0.1, 0.15) is 15.5 Å². The average Bonchev–Trinajstić information content (AvgIpc) is 3.31. The lowest BCUT2D eigenvalue weighted by molar-refractivity contribution is 0.509. The summed E-state index contributed by atoms with van der Waals surface area (Å²) in [5.41, 5.74) is 2.29. The standard InChI is InChI=1S/C23H24N4O2S3/c1-10-7-8-13-15(9-10)32-21-17(13)19(28)24-18(25-21)11(2)30-23-26-20(29)16-12-5-3-4-6-14(12)31-22(16)27-23/h10-11H,3-9H2,1-2H3,(H,24,25,28)(H,26,27,29)/t10-,11+/m0/s1. The van der Waals surface area contributed by atoms with Crippen LogP contribution in [-0.2, 0) is 25.7 Å². The Morgan fingerprint density at radius 2 is 1.62 bits per heavy atom. The third kappa shape index (κ3) is 3.36. The summed E-state index contributed by atoms with van der Waals surface area (Å²) in [6.07, 6.45) is 7.45. The summed E-state index contributed by atoms with van der Waals surface area (Å²) >= 11 is 4.75. The molecule has 0 fully saturated rings. The van der Waals surface area contributed by atoms with E-state index in [1.165, 1.54) is 39.1 Å². The van der Waals surface area contributed by atoms with Crippen LogP contribution in [0.25, 0.3) is 20.4 Å². The van der Waals surface area contributed by atoms with E-state index in [-0.39, 0.29) is 16.4 Å². The second kappa shape index (κ2) is 7.81. The van der Waals surface area contributed by atoms with Crippen molar-refractivity contribution < 1.29 is 0 Å². The summed E-state index contributed by atoms with van der Waals surface area (Å²) in [5, 5.41) is 1.99. The predicted octanol–water partition coefficient (Wildman–Crippen LogP) is 5.14. The van der Waals surface area contributed by atoms with Crippen LogP contribution in [0.3, 0.4) is 0 Å². The lowest BCUT2D eigenvalue weighted by Crippen LogP contribution is -2.15. The third-order valence-electron chi connectivity index (χ3n) is 6.66. The van der Waals surface area contributed by atoms with Gasteiger partial charge in [0.25, 0.3) is 11.1 Å². The number of H-pyrrole nitrogens is 2. The molecule has 2 atom stereocenters. The van der Waals surface area contributed by atoms with E-state index in [1.54, 1.807) is 22.7 Å². The summed E-state index contributed by atoms with van der Waals surface area (Å²) in [6, 6.07) is 0. The van der Waals surface area contributed by atoms with Gasteiger partial charge in [-0.2, -0.15) is 0 Å². The Balaban J connectivity index is 1.34. The van der Waals surface area contributed by atoms with Crippen molar-refractivity contribution in [2.75, 3.05) is 0 Å². The number of aryl methyl sites for hydroxylation is 3. The van der Waals surface area contributed by atoms with Gasteiger partial charge in [0.05, 0.1) is 16.0 Å². The Morgan fingerprint density at radius 3 is 2.47 bits per heavy atom. The molecule has 0 saturated heterocycles. The highest BCUT2D eigenvalue weighted by atomic mass is 32.2. The molecule has 0 radical (unpaired) electrons. The Morgan fingerprint density at radius 1 is 0.938 bits per heavy atom. The summed E-state index contributed by atoms with van der Waals surface area (Å²) in [4.78, 5) is 45.6. The lowest BCUT2D eigenvalue weighted by atomic mass is 9.89. The van der Waals surface area contributed by atoms with Crippen LogP contribution < -0.4 is 11.1 Å². The molecule has 32 heavy (non-hydrogen) atoms. The highest BCUT2D eigenvalue weighted by molar-refractivity contribution is 7.99. The average molecular weight is 485 g/mol. The van der Waals surface area contributed by atoms with E-state index in [2.05, 4.69) is 16.9 Å². The van der Waals surface area contributed by atoms with Gasteiger partial charge in [-0.05, 0) is 68.9 Å². The van der Waals surface area contributed by atoms with E-state index < -0.39 is 0 Å². The van der Waals surface area contributed by atoms with Crippen LogP contribution in [-0.4, -0.2) is 19.9 Å². The first-order valence-electron chi connectivity index (χ1n) is 11.2. The molecule has 4 aromatic heterocycles. The third-order valence-corrected chi connectivity index (χ3v) is 9.99. The summed E-state index contributed by atoms with van der Waals surface area (Å²) in [7, 11) is 0. The fraction of sp³-hybridized carbons (Fsp3) is 0.478. The Hall–Kier alpha value is -1.97. The van der Waals surface area contributed by atoms with Gasteiger partial charge < -0.3 is 9.97 Å². The van der Waals surface area contributed by atoms with Gasteiger partial charge in [-0.15, -0.1) is 22.7 Å². The number of nitrogens with zero attached hydrogens (tertiary/aromatic N) is 2. The number of nitrogens with one attached hydrogen (secondary N) is 2. The second-order valence-electron chi connectivity index (χ2n) is 9.01. The summed E-state index contributed by atoms with van der Waals surface area (Å²) in [6.45, 7) is 4.26. The number of fused-ring (bicyclic) bond motifs is 6. The molecule has 166 valence electrons. The van der Waals surface area contributed by atoms with Gasteiger partial charge in [-0.1, -0.05) is 18.7 Å². The smallest absolute Gasteiger partial charge is 0.260 e. The molecule has 0 amide bonds. The first-order valence-corrected chi connectivity index (χ1v) is 13.7. The van der Waals surface area contributed by atoms with Gasteiger partial charge in [0.15, 0.2) is 5.16 Å². The minimum Gasteiger partial charge on any atom is -0.309 e. The van der Waals surface area contributed by atoms with Crippen LogP contribution in [0.15, 0.2) is 14.7 Å². The molecule has 0 unspecified atom stereocenters. The van der Waals surface area contributed by atoms with Crippen LogP contribution >= 0.6 is 34.4 Å². The maximum absolute atomic E-state index is 12.9. The van der Waals surface area contributed by atoms with Crippen LogP contribution in [0.2, 0.25) is 0 Å². The molecule has 4 heterocycles. The predicted molar refractivity (Wildman–Crippen MR) is 133 cm³/mol. The first-order chi connectivity index (χ1) is 15.5. The fourth-order valence-electron chi connectivity index (χ4n) is 4.98. The van der Waals surface area contributed by atoms with E-state index >= 15 is 0 Å². The number of rotatable bonds is 3. The number of thioether (sulfide) groups is 1. The number of aromatic amines is 2. The van der Waals surface area contributed by atoms with Gasteiger partial charge in [0, 0.05) is 9.75 Å². The number of thiophene rings is 2. The fourth-order valence-corrected chi connectivity index (χ4v) is 8.55. The molecule has 2 N–H and O–H groups in total. The van der Waals surface area contributed by atoms with E-state index in [1.807, 2.05) is 6.92 Å². The maximum atomic E-state index is 12.9. The number of aromatic nitrogens is 4. The van der Waals surface area contributed by atoms with Crippen molar-refractivity contribution >= 4 is 54.9 Å². The maximum Gasteiger partial charge on any atom is 0.260 e. The zero-order valence-electron chi connectivity index (χ0n) is 18.0. The van der Waals surface area contributed by atoms with Crippen molar-refractivity contribution in [1.29, 1.82) is 0 Å².